The maximum atomic E-state index is 12.9. The van der Waals surface area contributed by atoms with Gasteiger partial charge < -0.3 is 15.5 Å². The van der Waals surface area contributed by atoms with Crippen LogP contribution in [0.15, 0.2) is 78.6 Å². The SMILES string of the molecule is C/C(=C\c1c(-c2ccc(N)nc2)ccnc1C)CN1CCC(c2ccc(C=[N+]3CCC(CN4CCN(Cc5ccc6c(c5)N(C5CCC(=O)NC5=O)C(C)ON6C)CC4)CC3)cc2)CC1.CC. The number of benzene rings is 2. The highest BCUT2D eigenvalue weighted by Gasteiger charge is 2.39. The summed E-state index contributed by atoms with van der Waals surface area (Å²) in [7, 11) is 1.91. The Morgan fingerprint density at radius 2 is 1.60 bits per heavy atom. The summed E-state index contributed by atoms with van der Waals surface area (Å²) in [6.45, 7) is 22.0. The molecule has 2 amide bonds. The highest BCUT2D eigenvalue weighted by atomic mass is 16.7. The summed E-state index contributed by atoms with van der Waals surface area (Å²) >= 11 is 0. The molecule has 7 heterocycles. The molecule has 13 nitrogen and oxygen atoms in total. The van der Waals surface area contributed by atoms with Crippen molar-refractivity contribution in [3.8, 4) is 11.1 Å². The number of hydroxylamine groups is 1. The van der Waals surface area contributed by atoms with E-state index in [1.807, 2.05) is 57.2 Å². The van der Waals surface area contributed by atoms with Crippen molar-refractivity contribution in [2.45, 2.75) is 97.9 Å². The van der Waals surface area contributed by atoms with Crippen LogP contribution in [-0.4, -0.2) is 132 Å². The van der Waals surface area contributed by atoms with E-state index in [-0.39, 0.29) is 18.0 Å². The Kier molecular flexibility index (Phi) is 15.8. The minimum atomic E-state index is -0.436. The number of nitrogen functional groups attached to an aromatic ring is 1. The number of carbonyl (C=O) groups excluding carboxylic acids is 2. The van der Waals surface area contributed by atoms with Gasteiger partial charge in [0.2, 0.25) is 11.8 Å². The number of aryl methyl sites for hydroxylation is 1. The molecule has 0 radical (unpaired) electrons. The van der Waals surface area contributed by atoms with Crippen molar-refractivity contribution < 1.29 is 19.0 Å². The second kappa shape index (κ2) is 22.1. The number of piperidine rings is 3. The Bertz CT molecular complexity index is 2380. The number of imide groups is 1. The Morgan fingerprint density at radius 3 is 2.30 bits per heavy atom. The van der Waals surface area contributed by atoms with Gasteiger partial charge in [-0.25, -0.2) is 14.4 Å². The normalized spacial score (nSPS) is 22.5. The maximum Gasteiger partial charge on any atom is 0.249 e. The molecular formula is C54H73N10O3+. The number of fused-ring (bicyclic) bond motifs is 1. The molecule has 2 aromatic heterocycles. The number of nitrogens with two attached hydrogens (primary N) is 1. The van der Waals surface area contributed by atoms with Gasteiger partial charge in [0.05, 0.1) is 11.4 Å². The summed E-state index contributed by atoms with van der Waals surface area (Å²) in [6, 6.07) is 21.4. The largest absolute Gasteiger partial charge is 0.384 e. The lowest BCUT2D eigenvalue weighted by atomic mass is 9.89. The van der Waals surface area contributed by atoms with Crippen LogP contribution >= 0.6 is 0 Å². The first-order chi connectivity index (χ1) is 32.5. The zero-order chi connectivity index (χ0) is 47.0. The molecule has 2 atom stereocenters. The molecule has 4 aromatic rings. The molecule has 356 valence electrons. The number of nitrogens with one attached hydrogen (secondary N) is 1. The van der Waals surface area contributed by atoms with Crippen molar-refractivity contribution in [3.63, 3.8) is 0 Å². The van der Waals surface area contributed by atoms with Gasteiger partial charge in [0, 0.05) is 107 Å². The minimum Gasteiger partial charge on any atom is -0.384 e. The number of likely N-dealkylation sites (tertiary alicyclic amines) is 1. The number of rotatable bonds is 11. The van der Waals surface area contributed by atoms with Gasteiger partial charge in [-0.05, 0) is 124 Å². The molecule has 4 saturated heterocycles. The van der Waals surface area contributed by atoms with Gasteiger partial charge in [-0.2, -0.15) is 0 Å². The molecule has 0 spiro atoms. The molecule has 9 rings (SSSR count). The predicted molar refractivity (Wildman–Crippen MR) is 270 cm³/mol. The van der Waals surface area contributed by atoms with Crippen LogP contribution in [0.2, 0.25) is 0 Å². The van der Waals surface area contributed by atoms with Crippen LogP contribution in [0.3, 0.4) is 0 Å². The van der Waals surface area contributed by atoms with Gasteiger partial charge in [0.25, 0.3) is 0 Å². The Morgan fingerprint density at radius 1 is 0.866 bits per heavy atom. The number of nitrogens with zero attached hydrogens (tertiary/aromatic N) is 8. The number of hydrogen-bond acceptors (Lipinski definition) is 11. The number of hydrogen-bond donors (Lipinski definition) is 2. The van der Waals surface area contributed by atoms with Gasteiger partial charge in [-0.15, -0.1) is 0 Å². The highest BCUT2D eigenvalue weighted by molar-refractivity contribution is 6.02. The molecule has 4 fully saturated rings. The zero-order valence-corrected chi connectivity index (χ0v) is 40.8. The van der Waals surface area contributed by atoms with E-state index in [1.54, 1.807) is 5.06 Å². The van der Waals surface area contributed by atoms with E-state index in [1.165, 1.54) is 54.5 Å². The molecule has 13 heteroatoms. The second-order valence-electron chi connectivity index (χ2n) is 19.1. The van der Waals surface area contributed by atoms with Crippen molar-refractivity contribution in [1.29, 1.82) is 0 Å². The maximum absolute atomic E-state index is 12.9. The fourth-order valence-electron chi connectivity index (χ4n) is 10.8. The lowest BCUT2D eigenvalue weighted by Gasteiger charge is -2.45. The molecule has 0 bridgehead atoms. The van der Waals surface area contributed by atoms with Crippen molar-refractivity contribution >= 4 is 41.3 Å². The summed E-state index contributed by atoms with van der Waals surface area (Å²) in [4.78, 5) is 49.6. The average Bonchev–Trinajstić information content (AvgIpc) is 3.33. The first kappa shape index (κ1) is 48.0. The number of piperazine rings is 1. The number of carbonyl (C=O) groups is 2. The molecule has 5 aliphatic rings. The molecule has 0 aliphatic carbocycles. The highest BCUT2D eigenvalue weighted by Crippen LogP contribution is 2.39. The molecule has 2 aromatic carbocycles. The second-order valence-corrected chi connectivity index (χ2v) is 19.1. The van der Waals surface area contributed by atoms with Gasteiger partial charge in [-0.1, -0.05) is 43.7 Å². The Hall–Kier alpha value is -5.47. The van der Waals surface area contributed by atoms with Crippen molar-refractivity contribution in [3.05, 3.63) is 107 Å². The number of aromatic nitrogens is 2. The van der Waals surface area contributed by atoms with E-state index in [0.29, 0.717) is 24.6 Å². The van der Waals surface area contributed by atoms with E-state index in [0.717, 1.165) is 105 Å². The van der Waals surface area contributed by atoms with E-state index in [4.69, 9.17) is 10.6 Å². The third-order valence-electron chi connectivity index (χ3n) is 14.4. The molecular weight excluding hydrogens is 837 g/mol. The van der Waals surface area contributed by atoms with E-state index < -0.39 is 6.04 Å². The molecule has 3 N–H and O–H groups in total. The summed E-state index contributed by atoms with van der Waals surface area (Å²) in [5, 5.41) is 4.32. The van der Waals surface area contributed by atoms with Gasteiger partial charge in [0.15, 0.2) is 12.4 Å². The van der Waals surface area contributed by atoms with Crippen LogP contribution < -0.4 is 21.0 Å². The van der Waals surface area contributed by atoms with Gasteiger partial charge in [-0.3, -0.25) is 34.8 Å². The topological polar surface area (TPSA) is 126 Å². The monoisotopic (exact) mass is 910 g/mol. The van der Waals surface area contributed by atoms with Crippen molar-refractivity contribution in [1.82, 2.24) is 30.0 Å². The van der Waals surface area contributed by atoms with Gasteiger partial charge >= 0.3 is 0 Å². The van der Waals surface area contributed by atoms with E-state index in [2.05, 4.69) is 109 Å². The van der Waals surface area contributed by atoms with Crippen LogP contribution in [0.1, 0.15) is 100 Å². The first-order valence-electron chi connectivity index (χ1n) is 24.9. The predicted octanol–water partition coefficient (Wildman–Crippen LogP) is 7.34. The average molecular weight is 910 g/mol. The van der Waals surface area contributed by atoms with Crippen LogP contribution in [-0.2, 0) is 21.0 Å². The van der Waals surface area contributed by atoms with Crippen LogP contribution in [0.5, 0.6) is 0 Å². The standard InChI is InChI=1S/C52H66N10O3.C2H6/c1-36(29-46-37(2)54-20-15-45(46)44-10-13-50(53)55-31-44)32-58-23-18-43(19-24-58)42-8-5-39(6-9-42)33-59-21-16-40(17-22-59)34-60-25-27-61(28-26-60)35-41-7-11-47-49(30-41)62(38(3)65-57(47)4)48-12-14-51(63)56-52(48)64;1-2/h5-11,13,15,20,29-31,33,38,40,43,48H,12,14,16-19,21-28,32,34-35H2,1-4H3,(H2-,53,54,55,56,63,64);1-2H3/p+1/b36-29+,59-33?;. The summed E-state index contributed by atoms with van der Waals surface area (Å²) in [5.74, 6) is 1.42. The summed E-state index contributed by atoms with van der Waals surface area (Å²) < 4.78 is 2.53. The minimum absolute atomic E-state index is 0.204. The number of amides is 2. The zero-order valence-electron chi connectivity index (χ0n) is 40.8. The van der Waals surface area contributed by atoms with E-state index >= 15 is 0 Å². The summed E-state index contributed by atoms with van der Waals surface area (Å²) in [5.41, 5.74) is 17.5. The number of pyridine rings is 2. The van der Waals surface area contributed by atoms with Gasteiger partial charge in [0.1, 0.15) is 24.9 Å². The van der Waals surface area contributed by atoms with Crippen molar-refractivity contribution in [2.24, 2.45) is 5.92 Å². The smallest absolute Gasteiger partial charge is 0.249 e. The third-order valence-corrected chi connectivity index (χ3v) is 14.4. The fourth-order valence-corrected chi connectivity index (χ4v) is 10.8. The van der Waals surface area contributed by atoms with Crippen LogP contribution in [0, 0.1) is 12.8 Å². The summed E-state index contributed by atoms with van der Waals surface area (Å²) in [6.07, 6.45) is 13.7. The van der Waals surface area contributed by atoms with E-state index in [9.17, 15) is 9.59 Å². The van der Waals surface area contributed by atoms with Crippen LogP contribution in [0.4, 0.5) is 17.2 Å². The lowest BCUT2D eigenvalue weighted by Crippen LogP contribution is -2.58. The quantitative estimate of drug-likeness (QED) is 0.116. The first-order valence-corrected chi connectivity index (χ1v) is 24.9. The Labute approximate surface area is 398 Å². The van der Waals surface area contributed by atoms with Crippen LogP contribution in [0.25, 0.3) is 17.2 Å². The molecule has 5 aliphatic heterocycles. The fraction of sp³-hybridized carbons (Fsp3) is 0.500. The molecule has 2 unspecified atom stereocenters. The molecule has 0 saturated carbocycles. The van der Waals surface area contributed by atoms with Crippen molar-refractivity contribution in [2.75, 3.05) is 88.2 Å². The molecule has 67 heavy (non-hydrogen) atoms. The Balaban J connectivity index is 0.00000300. The number of anilines is 3. The lowest BCUT2D eigenvalue weighted by molar-refractivity contribution is -0.536. The third kappa shape index (κ3) is 11.8.